The van der Waals surface area contributed by atoms with E-state index in [2.05, 4.69) is 27.3 Å². The van der Waals surface area contributed by atoms with Crippen molar-refractivity contribution in [2.75, 3.05) is 31.7 Å². The number of nitrogens with one attached hydrogen (secondary N) is 1. The smallest absolute Gasteiger partial charge is 0.270 e. The molecule has 162 valence electrons. The molecule has 0 saturated carbocycles. The highest BCUT2D eigenvalue weighted by molar-refractivity contribution is 7.13. The molecule has 1 aliphatic rings. The second kappa shape index (κ2) is 9.83. The summed E-state index contributed by atoms with van der Waals surface area (Å²) in [5.74, 6) is 1.59. The fraction of sp³-hybridized carbons (Fsp3) is 0.333. The Hall–Kier alpha value is -3.06. The number of carbonyl (C=O) groups is 1. The Morgan fingerprint density at radius 3 is 2.42 bits per heavy atom. The summed E-state index contributed by atoms with van der Waals surface area (Å²) in [5.41, 5.74) is 2.65. The monoisotopic (exact) mass is 437 g/mol. The van der Waals surface area contributed by atoms with Crippen LogP contribution in [-0.4, -0.2) is 43.7 Å². The van der Waals surface area contributed by atoms with Gasteiger partial charge in [0.05, 0.1) is 13.7 Å². The van der Waals surface area contributed by atoms with Crippen molar-refractivity contribution < 1.29 is 14.3 Å². The topological polar surface area (TPSA) is 63.7 Å². The maximum absolute atomic E-state index is 12.7. The Kier molecular flexibility index (Phi) is 6.72. The van der Waals surface area contributed by atoms with E-state index in [4.69, 9.17) is 9.47 Å². The molecule has 1 amide bonds. The molecule has 1 N–H and O–H groups in total. The van der Waals surface area contributed by atoms with Crippen molar-refractivity contribution >= 4 is 22.9 Å². The molecule has 2 aromatic carbocycles. The van der Waals surface area contributed by atoms with E-state index in [-0.39, 0.29) is 11.9 Å². The van der Waals surface area contributed by atoms with Crippen molar-refractivity contribution in [2.24, 2.45) is 0 Å². The number of nitrogens with zero attached hydrogens (tertiary/aromatic N) is 2. The molecule has 7 heteroatoms. The maximum Gasteiger partial charge on any atom is 0.270 e. The quantitative estimate of drug-likeness (QED) is 0.585. The lowest BCUT2D eigenvalue weighted by Crippen LogP contribution is -2.44. The summed E-state index contributed by atoms with van der Waals surface area (Å²) < 4.78 is 10.7. The third-order valence-electron chi connectivity index (χ3n) is 5.42. The Bertz CT molecular complexity index is 994. The molecule has 2 heterocycles. The lowest BCUT2D eigenvalue weighted by Gasteiger charge is -2.33. The number of amides is 1. The van der Waals surface area contributed by atoms with Gasteiger partial charge in [-0.2, -0.15) is 0 Å². The number of hydrogen-bond acceptors (Lipinski definition) is 6. The summed E-state index contributed by atoms with van der Waals surface area (Å²) in [6.07, 6.45) is 1.82. The van der Waals surface area contributed by atoms with E-state index < -0.39 is 0 Å². The largest absolute Gasteiger partial charge is 0.497 e. The molecule has 31 heavy (non-hydrogen) atoms. The Morgan fingerprint density at radius 1 is 1.10 bits per heavy atom. The van der Waals surface area contributed by atoms with Gasteiger partial charge in [-0.3, -0.25) is 4.79 Å². The molecule has 1 saturated heterocycles. The summed E-state index contributed by atoms with van der Waals surface area (Å²) >= 11 is 1.48. The summed E-state index contributed by atoms with van der Waals surface area (Å²) in [5, 5.41) is 5.82. The van der Waals surface area contributed by atoms with Gasteiger partial charge in [0.15, 0.2) is 0 Å². The third-order valence-corrected chi connectivity index (χ3v) is 6.31. The van der Waals surface area contributed by atoms with E-state index in [9.17, 15) is 4.79 Å². The van der Waals surface area contributed by atoms with Crippen LogP contribution in [0.15, 0.2) is 53.9 Å². The van der Waals surface area contributed by atoms with Gasteiger partial charge in [-0.25, -0.2) is 4.98 Å². The van der Waals surface area contributed by atoms with Crippen molar-refractivity contribution in [1.29, 1.82) is 0 Å². The predicted molar refractivity (Wildman–Crippen MR) is 124 cm³/mol. The van der Waals surface area contributed by atoms with Gasteiger partial charge < -0.3 is 19.7 Å². The first-order valence-corrected chi connectivity index (χ1v) is 11.4. The van der Waals surface area contributed by atoms with E-state index in [0.717, 1.165) is 48.0 Å². The van der Waals surface area contributed by atoms with Gasteiger partial charge in [-0.1, -0.05) is 0 Å². The van der Waals surface area contributed by atoms with Crippen molar-refractivity contribution in [3.63, 3.8) is 0 Å². The highest BCUT2D eigenvalue weighted by atomic mass is 32.1. The standard InChI is InChI=1S/C24H27N3O3S/c1-3-30-21-8-4-17(5-9-21)24-26-22(16-31-24)23(28)25-18-12-14-27(15-13-18)19-6-10-20(29-2)11-7-19/h4-11,16,18H,3,12-15H2,1-2H3,(H,25,28). The highest BCUT2D eigenvalue weighted by Gasteiger charge is 2.22. The van der Waals surface area contributed by atoms with Gasteiger partial charge in [-0.15, -0.1) is 11.3 Å². The lowest BCUT2D eigenvalue weighted by atomic mass is 10.0. The minimum absolute atomic E-state index is 0.101. The predicted octanol–water partition coefficient (Wildman–Crippen LogP) is 4.62. The van der Waals surface area contributed by atoms with E-state index in [0.29, 0.717) is 12.3 Å². The van der Waals surface area contributed by atoms with E-state index >= 15 is 0 Å². The number of methoxy groups -OCH3 is 1. The van der Waals surface area contributed by atoms with Gasteiger partial charge in [0.25, 0.3) is 5.91 Å². The number of hydrogen-bond donors (Lipinski definition) is 1. The molecule has 1 aliphatic heterocycles. The van der Waals surface area contributed by atoms with Crippen molar-refractivity contribution in [1.82, 2.24) is 10.3 Å². The third kappa shape index (κ3) is 5.17. The molecule has 1 fully saturated rings. The number of rotatable bonds is 7. The minimum atomic E-state index is -0.101. The van der Waals surface area contributed by atoms with Crippen LogP contribution in [0.2, 0.25) is 0 Å². The summed E-state index contributed by atoms with van der Waals surface area (Å²) in [4.78, 5) is 19.6. The number of benzene rings is 2. The first-order chi connectivity index (χ1) is 15.2. The van der Waals surface area contributed by atoms with Crippen LogP contribution in [0.5, 0.6) is 11.5 Å². The van der Waals surface area contributed by atoms with Gasteiger partial charge in [0.2, 0.25) is 0 Å². The summed E-state index contributed by atoms with van der Waals surface area (Å²) in [6, 6.07) is 16.1. The van der Waals surface area contributed by atoms with Crippen LogP contribution >= 0.6 is 11.3 Å². The molecule has 0 spiro atoms. The number of thiazole rings is 1. The fourth-order valence-corrected chi connectivity index (χ4v) is 4.51. The van der Waals surface area contributed by atoms with Crippen LogP contribution in [0.25, 0.3) is 10.6 Å². The van der Waals surface area contributed by atoms with Crippen molar-refractivity contribution in [2.45, 2.75) is 25.8 Å². The molecule has 0 atom stereocenters. The van der Waals surface area contributed by atoms with Gasteiger partial charge in [0, 0.05) is 35.8 Å². The SMILES string of the molecule is CCOc1ccc(-c2nc(C(=O)NC3CCN(c4ccc(OC)cc4)CC3)cs2)cc1. The molecular weight excluding hydrogens is 410 g/mol. The Balaban J connectivity index is 1.31. The van der Waals surface area contributed by atoms with Crippen molar-refractivity contribution in [3.05, 3.63) is 59.6 Å². The van der Waals surface area contributed by atoms with E-state index in [1.54, 1.807) is 7.11 Å². The zero-order valence-corrected chi connectivity index (χ0v) is 18.7. The maximum atomic E-state index is 12.7. The first-order valence-electron chi connectivity index (χ1n) is 10.5. The zero-order valence-electron chi connectivity index (χ0n) is 17.8. The number of carbonyl (C=O) groups excluding carboxylic acids is 1. The lowest BCUT2D eigenvalue weighted by molar-refractivity contribution is 0.0927. The second-order valence-electron chi connectivity index (χ2n) is 7.43. The molecular formula is C24H27N3O3S. The van der Waals surface area contributed by atoms with Crippen LogP contribution in [0.1, 0.15) is 30.3 Å². The van der Waals surface area contributed by atoms with Crippen LogP contribution in [0.3, 0.4) is 0 Å². The molecule has 1 aromatic heterocycles. The van der Waals surface area contributed by atoms with Gasteiger partial charge >= 0.3 is 0 Å². The first kappa shape index (κ1) is 21.2. The number of piperidine rings is 1. The summed E-state index contributed by atoms with van der Waals surface area (Å²) in [7, 11) is 1.67. The second-order valence-corrected chi connectivity index (χ2v) is 8.29. The van der Waals surface area contributed by atoms with Gasteiger partial charge in [0.1, 0.15) is 22.2 Å². The van der Waals surface area contributed by atoms with Crippen molar-refractivity contribution in [3.8, 4) is 22.1 Å². The Labute approximate surface area is 186 Å². The van der Waals surface area contributed by atoms with Crippen LogP contribution in [0.4, 0.5) is 5.69 Å². The number of ether oxygens (including phenoxy) is 2. The van der Waals surface area contributed by atoms with Crippen LogP contribution in [-0.2, 0) is 0 Å². The number of anilines is 1. The van der Waals surface area contributed by atoms with E-state index in [1.807, 2.05) is 48.7 Å². The molecule has 6 nitrogen and oxygen atoms in total. The number of aromatic nitrogens is 1. The summed E-state index contributed by atoms with van der Waals surface area (Å²) in [6.45, 7) is 4.42. The highest BCUT2D eigenvalue weighted by Crippen LogP contribution is 2.26. The van der Waals surface area contributed by atoms with Crippen LogP contribution in [0, 0.1) is 0 Å². The molecule has 0 radical (unpaired) electrons. The van der Waals surface area contributed by atoms with Gasteiger partial charge in [-0.05, 0) is 68.3 Å². The normalized spacial score (nSPS) is 14.3. The van der Waals surface area contributed by atoms with E-state index in [1.165, 1.54) is 17.0 Å². The molecule has 0 unspecified atom stereocenters. The average Bonchev–Trinajstić information content (AvgIpc) is 3.31. The molecule has 4 rings (SSSR count). The molecule has 0 aliphatic carbocycles. The fourth-order valence-electron chi connectivity index (χ4n) is 3.71. The molecule has 0 bridgehead atoms. The minimum Gasteiger partial charge on any atom is -0.497 e. The van der Waals surface area contributed by atoms with Crippen LogP contribution < -0.4 is 19.7 Å². The molecule has 3 aromatic rings. The zero-order chi connectivity index (χ0) is 21.6. The average molecular weight is 438 g/mol. The Morgan fingerprint density at radius 2 is 1.77 bits per heavy atom.